The standard InChI is InChI=1S/C9H15N2O15P3.3Na.H2O/c12-5-1-2-11(9(15)10-5)8-7(14)6(13)4(24-8)3-23-28(19,20)26-29(21,22)25-27(16,17)18;;;;/h1-2,4,6-8,13-14H,3H2,(H,19,20)(H,21,22)(H,10,12,15)(H2,16,17,18);;;;1H2/q;3*+1;/p-3/t4-,6-,7-,8-;;;;/m1..../s1. The van der Waals surface area contributed by atoms with Crippen molar-refractivity contribution in [2.45, 2.75) is 24.5 Å². The molecule has 18 nitrogen and oxygen atoms in total. The summed E-state index contributed by atoms with van der Waals surface area (Å²) >= 11 is 0. The summed E-state index contributed by atoms with van der Waals surface area (Å²) in [6.07, 6.45) is -5.90. The Hall–Kier alpha value is 1.93. The van der Waals surface area contributed by atoms with Gasteiger partial charge in [0.15, 0.2) is 6.23 Å². The molecular formula is C9H14N2Na3O16P3. The van der Waals surface area contributed by atoms with E-state index in [1.54, 1.807) is 0 Å². The molecule has 1 aromatic rings. The van der Waals surface area contributed by atoms with E-state index in [1.165, 1.54) is 0 Å². The molecule has 0 bridgehead atoms. The van der Waals surface area contributed by atoms with Gasteiger partial charge in [-0.25, -0.2) is 18.9 Å². The Morgan fingerprint density at radius 1 is 1.06 bits per heavy atom. The SMILES string of the molecule is O.O=c1nc([O-])ccn1[C@@H]1O[C@H](COP(=O)(O)OP(=O)(O)OP(=O)([O-])[O-])[C@@H](O)[C@H]1O.[Na+].[Na+].[Na+]. The molecule has 1 aliphatic heterocycles. The van der Waals surface area contributed by atoms with Crippen LogP contribution in [-0.2, 0) is 31.6 Å². The van der Waals surface area contributed by atoms with E-state index in [0.29, 0.717) is 4.57 Å². The largest absolute Gasteiger partial charge is 1.00 e. The normalized spacial score (nSPS) is 25.8. The number of phosphoric ester groups is 1. The number of hydrogen-bond donors (Lipinski definition) is 4. The summed E-state index contributed by atoms with van der Waals surface area (Å²) in [6.45, 7) is -1.09. The van der Waals surface area contributed by atoms with Crippen LogP contribution in [0.2, 0.25) is 0 Å². The molecular weight excluding hydrogens is 554 g/mol. The van der Waals surface area contributed by atoms with Gasteiger partial charge in [-0.3, -0.25) is 13.4 Å². The van der Waals surface area contributed by atoms with Crippen molar-refractivity contribution in [3.63, 3.8) is 0 Å². The summed E-state index contributed by atoms with van der Waals surface area (Å²) < 4.78 is 49.8. The minimum atomic E-state index is -6.07. The molecule has 1 fully saturated rings. The third-order valence-corrected chi connectivity index (χ3v) is 6.98. The molecule has 0 spiro atoms. The first-order chi connectivity index (χ1) is 13.1. The smallest absolute Gasteiger partial charge is 0.858 e. The Morgan fingerprint density at radius 3 is 2.09 bits per heavy atom. The average Bonchev–Trinajstić information content (AvgIpc) is 2.78. The second-order valence-electron chi connectivity index (χ2n) is 5.35. The molecule has 2 unspecified atom stereocenters. The monoisotopic (exact) mass is 568 g/mol. The third-order valence-electron chi connectivity index (χ3n) is 3.23. The van der Waals surface area contributed by atoms with Gasteiger partial charge < -0.3 is 49.7 Å². The minimum absolute atomic E-state index is 0. The quantitative estimate of drug-likeness (QED) is 0.167. The molecule has 2 rings (SSSR count). The summed E-state index contributed by atoms with van der Waals surface area (Å²) in [5.41, 5.74) is -1.13. The van der Waals surface area contributed by atoms with Gasteiger partial charge >= 0.3 is 110 Å². The van der Waals surface area contributed by atoms with Crippen LogP contribution in [0.25, 0.3) is 0 Å². The fraction of sp³-hybridized carbons (Fsp3) is 0.556. The molecule has 33 heavy (non-hydrogen) atoms. The van der Waals surface area contributed by atoms with Gasteiger partial charge in [-0.2, -0.15) is 4.31 Å². The Labute approximate surface area is 250 Å². The van der Waals surface area contributed by atoms with Crippen molar-refractivity contribution in [1.82, 2.24) is 9.55 Å². The van der Waals surface area contributed by atoms with Crippen LogP contribution < -0.4 is 109 Å². The molecule has 0 aromatic carbocycles. The zero-order chi connectivity index (χ0) is 22.2. The van der Waals surface area contributed by atoms with Crippen LogP contribution in [0, 0.1) is 0 Å². The molecule has 24 heteroatoms. The maximum atomic E-state index is 11.7. The minimum Gasteiger partial charge on any atom is -0.858 e. The van der Waals surface area contributed by atoms with Crippen molar-refractivity contribution in [2.75, 3.05) is 6.61 Å². The van der Waals surface area contributed by atoms with Crippen LogP contribution >= 0.6 is 23.5 Å². The summed E-state index contributed by atoms with van der Waals surface area (Å²) in [6, 6.07) is 0.854. The molecule has 1 aliphatic rings. The zero-order valence-electron chi connectivity index (χ0n) is 17.2. The van der Waals surface area contributed by atoms with Gasteiger partial charge in [-0.15, -0.1) is 0 Å². The van der Waals surface area contributed by atoms with Crippen molar-refractivity contribution in [3.05, 3.63) is 22.7 Å². The molecule has 6 N–H and O–H groups in total. The fourth-order valence-corrected chi connectivity index (χ4v) is 5.12. The Kier molecular flexibility index (Phi) is 18.4. The predicted octanol–water partition coefficient (Wildman–Crippen LogP) is -13.8. The second kappa shape index (κ2) is 15.4. The van der Waals surface area contributed by atoms with E-state index in [-0.39, 0.29) is 94.1 Å². The molecule has 2 heterocycles. The van der Waals surface area contributed by atoms with Crippen molar-refractivity contribution < 1.29 is 161 Å². The van der Waals surface area contributed by atoms with Gasteiger partial charge in [0.2, 0.25) is 0 Å². The predicted molar refractivity (Wildman–Crippen MR) is 82.9 cm³/mol. The van der Waals surface area contributed by atoms with E-state index in [0.717, 1.165) is 12.3 Å². The van der Waals surface area contributed by atoms with Crippen molar-refractivity contribution in [1.29, 1.82) is 0 Å². The first-order valence-corrected chi connectivity index (χ1v) is 11.6. The van der Waals surface area contributed by atoms with Crippen LogP contribution in [0.1, 0.15) is 6.23 Å². The van der Waals surface area contributed by atoms with Crippen LogP contribution in [0.15, 0.2) is 17.1 Å². The molecule has 0 saturated carbocycles. The van der Waals surface area contributed by atoms with Gasteiger partial charge in [-0.1, -0.05) is 0 Å². The van der Waals surface area contributed by atoms with Crippen LogP contribution in [0.4, 0.5) is 0 Å². The molecule has 0 aliphatic carbocycles. The third kappa shape index (κ3) is 12.3. The summed E-state index contributed by atoms with van der Waals surface area (Å²) in [7, 11) is -17.5. The molecule has 6 atom stereocenters. The molecule has 0 radical (unpaired) electrons. The van der Waals surface area contributed by atoms with Crippen molar-refractivity contribution in [2.24, 2.45) is 0 Å². The van der Waals surface area contributed by atoms with E-state index >= 15 is 0 Å². The molecule has 174 valence electrons. The van der Waals surface area contributed by atoms with E-state index in [4.69, 9.17) is 9.63 Å². The van der Waals surface area contributed by atoms with Crippen molar-refractivity contribution >= 4 is 23.5 Å². The van der Waals surface area contributed by atoms with Crippen LogP contribution in [0.5, 0.6) is 5.88 Å². The average molecular weight is 568 g/mol. The summed E-state index contributed by atoms with van der Waals surface area (Å²) in [4.78, 5) is 53.6. The number of rotatable bonds is 8. The Balaban J connectivity index is -0.00000225. The van der Waals surface area contributed by atoms with E-state index < -0.39 is 66.2 Å². The number of nitrogens with zero attached hydrogens (tertiary/aromatic N) is 2. The maximum Gasteiger partial charge on any atom is 1.00 e. The van der Waals surface area contributed by atoms with Gasteiger partial charge in [0.05, 0.1) is 14.4 Å². The fourth-order valence-electron chi connectivity index (χ4n) is 2.15. The summed E-state index contributed by atoms with van der Waals surface area (Å²) in [5, 5.41) is 30.9. The molecule has 1 aromatic heterocycles. The first kappa shape index (κ1) is 39.4. The number of aliphatic hydroxyl groups excluding tert-OH is 2. The van der Waals surface area contributed by atoms with Gasteiger partial charge in [0.1, 0.15) is 18.3 Å². The van der Waals surface area contributed by atoms with Gasteiger partial charge in [0.25, 0.3) is 0 Å². The Bertz CT molecular complexity index is 959. The number of hydrogen-bond acceptors (Lipinski definition) is 14. The first-order valence-electron chi connectivity index (χ1n) is 7.13. The van der Waals surface area contributed by atoms with E-state index in [1.807, 2.05) is 0 Å². The topological polar surface area (TPSA) is 305 Å². The maximum absolute atomic E-state index is 11.7. The Morgan fingerprint density at radius 2 is 1.61 bits per heavy atom. The number of phosphoric acid groups is 3. The van der Waals surface area contributed by atoms with Gasteiger partial charge in [0, 0.05) is 6.20 Å². The van der Waals surface area contributed by atoms with E-state index in [9.17, 15) is 48.5 Å². The molecule has 0 amide bonds. The van der Waals surface area contributed by atoms with Crippen LogP contribution in [0.3, 0.4) is 0 Å². The second-order valence-corrected chi connectivity index (χ2v) is 9.68. The van der Waals surface area contributed by atoms with Gasteiger partial charge in [-0.05, 0) is 11.9 Å². The molecule has 1 saturated heterocycles. The zero-order valence-corrected chi connectivity index (χ0v) is 25.9. The summed E-state index contributed by atoms with van der Waals surface area (Å²) in [5.74, 6) is -0.881. The van der Waals surface area contributed by atoms with Crippen LogP contribution in [-0.4, -0.2) is 59.9 Å². The van der Waals surface area contributed by atoms with Crippen molar-refractivity contribution in [3.8, 4) is 5.88 Å². The number of aliphatic hydroxyl groups is 2. The van der Waals surface area contributed by atoms with E-state index in [2.05, 4.69) is 18.1 Å². The number of ether oxygens (including phenoxy) is 1. The number of aromatic nitrogens is 2.